The molecule has 1 amide bonds. The van der Waals surface area contributed by atoms with Crippen molar-refractivity contribution in [1.82, 2.24) is 0 Å². The number of ether oxygens (including phenoxy) is 2. The van der Waals surface area contributed by atoms with Crippen LogP contribution in [0.25, 0.3) is 11.1 Å². The number of thiophene rings is 1. The van der Waals surface area contributed by atoms with Crippen molar-refractivity contribution < 1.29 is 19.1 Å². The van der Waals surface area contributed by atoms with Gasteiger partial charge in [0.2, 0.25) is 0 Å². The summed E-state index contributed by atoms with van der Waals surface area (Å²) < 4.78 is 10.9. The number of carbonyl (C=O) groups is 2. The molecule has 1 heterocycles. The van der Waals surface area contributed by atoms with Gasteiger partial charge >= 0.3 is 5.97 Å². The molecule has 0 aliphatic rings. The number of benzene rings is 2. The number of hydrogen-bond donors (Lipinski definition) is 1. The van der Waals surface area contributed by atoms with E-state index in [2.05, 4.69) is 12.2 Å². The second kappa shape index (κ2) is 10.1. The second-order valence-corrected chi connectivity index (χ2v) is 7.61. The van der Waals surface area contributed by atoms with Gasteiger partial charge in [-0.2, -0.15) is 0 Å². The van der Waals surface area contributed by atoms with Gasteiger partial charge in [-0.3, -0.25) is 4.79 Å². The first-order chi connectivity index (χ1) is 14.5. The number of carbonyl (C=O) groups excluding carboxylic acids is 2. The van der Waals surface area contributed by atoms with Crippen LogP contribution in [0.5, 0.6) is 5.75 Å². The Bertz CT molecular complexity index is 1020. The van der Waals surface area contributed by atoms with Crippen LogP contribution < -0.4 is 10.1 Å². The molecule has 156 valence electrons. The van der Waals surface area contributed by atoms with Gasteiger partial charge in [0, 0.05) is 10.9 Å². The molecular formula is C24H25NO4S. The highest BCUT2D eigenvalue weighted by molar-refractivity contribution is 7.15. The van der Waals surface area contributed by atoms with Crippen LogP contribution in [0.3, 0.4) is 0 Å². The van der Waals surface area contributed by atoms with E-state index in [1.807, 2.05) is 60.8 Å². The van der Waals surface area contributed by atoms with E-state index in [1.54, 1.807) is 6.92 Å². The molecule has 0 aliphatic heterocycles. The molecule has 0 bridgehead atoms. The molecule has 3 rings (SSSR count). The molecule has 5 nitrogen and oxygen atoms in total. The zero-order chi connectivity index (χ0) is 21.5. The van der Waals surface area contributed by atoms with E-state index in [-0.39, 0.29) is 19.1 Å². The SMILES string of the molecule is CCOC(=O)c1c(-c2ccc(CC)cc2)csc1NC(=O)COc1ccccc1C. The molecule has 6 heteroatoms. The van der Waals surface area contributed by atoms with Gasteiger partial charge in [0.25, 0.3) is 5.91 Å². The number of rotatable bonds is 8. The summed E-state index contributed by atoms with van der Waals surface area (Å²) >= 11 is 1.30. The molecule has 0 spiro atoms. The molecular weight excluding hydrogens is 398 g/mol. The lowest BCUT2D eigenvalue weighted by Crippen LogP contribution is -2.21. The lowest BCUT2D eigenvalue weighted by Gasteiger charge is -2.11. The maximum atomic E-state index is 12.7. The van der Waals surface area contributed by atoms with Crippen molar-refractivity contribution in [2.45, 2.75) is 27.2 Å². The summed E-state index contributed by atoms with van der Waals surface area (Å²) in [4.78, 5) is 25.1. The first kappa shape index (κ1) is 21.6. The Hall–Kier alpha value is -3.12. The first-order valence-electron chi connectivity index (χ1n) is 9.89. The summed E-state index contributed by atoms with van der Waals surface area (Å²) in [6.07, 6.45) is 0.941. The topological polar surface area (TPSA) is 64.6 Å². The van der Waals surface area contributed by atoms with Crippen molar-refractivity contribution in [3.8, 4) is 16.9 Å². The van der Waals surface area contributed by atoms with Crippen LogP contribution in [0, 0.1) is 6.92 Å². The third kappa shape index (κ3) is 5.07. The fraction of sp³-hybridized carbons (Fsp3) is 0.250. The number of para-hydroxylation sites is 1. The maximum absolute atomic E-state index is 12.7. The van der Waals surface area contributed by atoms with Crippen molar-refractivity contribution in [1.29, 1.82) is 0 Å². The number of aryl methyl sites for hydroxylation is 2. The Morgan fingerprint density at radius 3 is 2.43 bits per heavy atom. The average Bonchev–Trinajstić information content (AvgIpc) is 3.17. The van der Waals surface area contributed by atoms with Gasteiger partial charge < -0.3 is 14.8 Å². The highest BCUT2D eigenvalue weighted by atomic mass is 32.1. The molecule has 3 aromatic rings. The fourth-order valence-corrected chi connectivity index (χ4v) is 3.99. The van der Waals surface area contributed by atoms with Gasteiger partial charge in [-0.05, 0) is 43.0 Å². The summed E-state index contributed by atoms with van der Waals surface area (Å²) in [7, 11) is 0. The summed E-state index contributed by atoms with van der Waals surface area (Å²) in [5.41, 5.74) is 4.19. The first-order valence-corrected chi connectivity index (χ1v) is 10.8. The number of esters is 1. The Morgan fingerprint density at radius 2 is 1.77 bits per heavy atom. The van der Waals surface area contributed by atoms with Crippen molar-refractivity contribution in [3.05, 3.63) is 70.6 Å². The predicted molar refractivity (Wildman–Crippen MR) is 120 cm³/mol. The molecule has 0 saturated heterocycles. The van der Waals surface area contributed by atoms with Crippen LogP contribution in [0.1, 0.15) is 35.3 Å². The second-order valence-electron chi connectivity index (χ2n) is 6.73. The van der Waals surface area contributed by atoms with Crippen LogP contribution >= 0.6 is 11.3 Å². The van der Waals surface area contributed by atoms with Gasteiger partial charge in [0.05, 0.1) is 6.61 Å². The van der Waals surface area contributed by atoms with Gasteiger partial charge in [-0.1, -0.05) is 49.4 Å². The van der Waals surface area contributed by atoms with Crippen molar-refractivity contribution in [2.75, 3.05) is 18.5 Å². The van der Waals surface area contributed by atoms with E-state index in [9.17, 15) is 9.59 Å². The van der Waals surface area contributed by atoms with E-state index < -0.39 is 5.97 Å². The highest BCUT2D eigenvalue weighted by Gasteiger charge is 2.23. The van der Waals surface area contributed by atoms with Gasteiger partial charge in [0.1, 0.15) is 16.3 Å². The molecule has 0 atom stereocenters. The fourth-order valence-electron chi connectivity index (χ4n) is 3.01. The molecule has 0 aliphatic carbocycles. The zero-order valence-electron chi connectivity index (χ0n) is 17.4. The molecule has 0 fully saturated rings. The van der Waals surface area contributed by atoms with Crippen LogP contribution in [0.2, 0.25) is 0 Å². The van der Waals surface area contributed by atoms with Gasteiger partial charge in [-0.15, -0.1) is 11.3 Å². The van der Waals surface area contributed by atoms with Crippen LogP contribution in [-0.4, -0.2) is 25.1 Å². The largest absolute Gasteiger partial charge is 0.483 e. The molecule has 2 aromatic carbocycles. The number of anilines is 1. The summed E-state index contributed by atoms with van der Waals surface area (Å²) in [6, 6.07) is 15.5. The summed E-state index contributed by atoms with van der Waals surface area (Å²) in [6.45, 7) is 5.88. The Labute approximate surface area is 180 Å². The Balaban J connectivity index is 1.81. The molecule has 0 unspecified atom stereocenters. The molecule has 0 radical (unpaired) electrons. The van der Waals surface area contributed by atoms with Gasteiger partial charge in [0.15, 0.2) is 6.61 Å². The van der Waals surface area contributed by atoms with Crippen molar-refractivity contribution in [2.24, 2.45) is 0 Å². The number of amides is 1. The maximum Gasteiger partial charge on any atom is 0.341 e. The average molecular weight is 424 g/mol. The summed E-state index contributed by atoms with van der Waals surface area (Å²) in [5.74, 6) is -0.136. The predicted octanol–water partition coefficient (Wildman–Crippen LogP) is 5.48. The van der Waals surface area contributed by atoms with Crippen molar-refractivity contribution >= 4 is 28.2 Å². The third-order valence-electron chi connectivity index (χ3n) is 4.65. The number of hydrogen-bond acceptors (Lipinski definition) is 5. The van der Waals surface area contributed by atoms with E-state index in [4.69, 9.17) is 9.47 Å². The molecule has 0 saturated carbocycles. The lowest BCUT2D eigenvalue weighted by molar-refractivity contribution is -0.118. The Kier molecular flexibility index (Phi) is 7.25. The zero-order valence-corrected chi connectivity index (χ0v) is 18.2. The molecule has 1 aromatic heterocycles. The number of nitrogens with one attached hydrogen (secondary N) is 1. The van der Waals surface area contributed by atoms with E-state index in [0.717, 1.165) is 23.1 Å². The molecule has 1 N–H and O–H groups in total. The van der Waals surface area contributed by atoms with E-state index in [1.165, 1.54) is 16.9 Å². The highest BCUT2D eigenvalue weighted by Crippen LogP contribution is 2.36. The Morgan fingerprint density at radius 1 is 1.03 bits per heavy atom. The van der Waals surface area contributed by atoms with E-state index >= 15 is 0 Å². The normalized spacial score (nSPS) is 10.5. The minimum Gasteiger partial charge on any atom is -0.483 e. The lowest BCUT2D eigenvalue weighted by atomic mass is 10.0. The van der Waals surface area contributed by atoms with Crippen LogP contribution in [0.15, 0.2) is 53.9 Å². The van der Waals surface area contributed by atoms with E-state index in [0.29, 0.717) is 16.3 Å². The summed E-state index contributed by atoms with van der Waals surface area (Å²) in [5, 5.41) is 5.13. The molecule has 30 heavy (non-hydrogen) atoms. The van der Waals surface area contributed by atoms with Crippen molar-refractivity contribution in [3.63, 3.8) is 0 Å². The third-order valence-corrected chi connectivity index (χ3v) is 5.54. The smallest absolute Gasteiger partial charge is 0.341 e. The standard InChI is InChI=1S/C24H25NO4S/c1-4-17-10-12-18(13-11-17)19-15-30-23(22(19)24(27)28-5-2)25-21(26)14-29-20-9-7-6-8-16(20)3/h6-13,15H,4-5,14H2,1-3H3,(H,25,26). The minimum absolute atomic E-state index is 0.147. The van der Waals surface area contributed by atoms with Gasteiger partial charge in [-0.25, -0.2) is 4.79 Å². The monoisotopic (exact) mass is 423 g/mol. The quantitative estimate of drug-likeness (QED) is 0.487. The van der Waals surface area contributed by atoms with Crippen LogP contribution in [-0.2, 0) is 16.0 Å². The minimum atomic E-state index is -0.455. The van der Waals surface area contributed by atoms with Crippen LogP contribution in [0.4, 0.5) is 5.00 Å².